The maximum Gasteiger partial charge on any atom is 0.252 e. The molecule has 1 aromatic heterocycles. The van der Waals surface area contributed by atoms with Crippen LogP contribution in [0, 0.1) is 0 Å². The lowest BCUT2D eigenvalue weighted by molar-refractivity contribution is -0.114. The van der Waals surface area contributed by atoms with Gasteiger partial charge in [-0.2, -0.15) is 11.8 Å². The van der Waals surface area contributed by atoms with Gasteiger partial charge in [0.25, 0.3) is 5.91 Å². The summed E-state index contributed by atoms with van der Waals surface area (Å²) in [5, 5.41) is 0. The van der Waals surface area contributed by atoms with E-state index in [-0.39, 0.29) is 12.7 Å². The van der Waals surface area contributed by atoms with Gasteiger partial charge >= 0.3 is 0 Å². The van der Waals surface area contributed by atoms with Gasteiger partial charge in [0.1, 0.15) is 5.82 Å². The highest BCUT2D eigenvalue weighted by Crippen LogP contribution is 2.32. The highest BCUT2D eigenvalue weighted by molar-refractivity contribution is 7.98. The second-order valence-electron chi connectivity index (χ2n) is 5.12. The molecule has 6 heteroatoms. The van der Waals surface area contributed by atoms with Crippen molar-refractivity contribution >= 4 is 29.6 Å². The number of rotatable bonds is 6. The molecule has 0 unspecified atom stereocenters. The molecular formula is C18H18N2O3S. The Kier molecular flexibility index (Phi) is 5.38. The van der Waals surface area contributed by atoms with E-state index >= 15 is 0 Å². The second kappa shape index (κ2) is 7.88. The van der Waals surface area contributed by atoms with E-state index in [2.05, 4.69) is 4.98 Å². The molecule has 2 aromatic rings. The summed E-state index contributed by atoms with van der Waals surface area (Å²) in [4.78, 5) is 18.6. The van der Waals surface area contributed by atoms with E-state index in [1.54, 1.807) is 35.0 Å². The van der Waals surface area contributed by atoms with Crippen molar-refractivity contribution in [2.75, 3.05) is 30.2 Å². The van der Waals surface area contributed by atoms with Crippen molar-refractivity contribution in [3.05, 3.63) is 54.2 Å². The molecule has 1 aliphatic heterocycles. The summed E-state index contributed by atoms with van der Waals surface area (Å²) in [5.74, 6) is 2.84. The molecule has 0 saturated heterocycles. The topological polar surface area (TPSA) is 51.7 Å². The van der Waals surface area contributed by atoms with Gasteiger partial charge in [-0.15, -0.1) is 0 Å². The Morgan fingerprint density at radius 1 is 1.29 bits per heavy atom. The first-order valence-electron chi connectivity index (χ1n) is 7.57. The van der Waals surface area contributed by atoms with E-state index in [0.29, 0.717) is 18.1 Å². The number of carbonyl (C=O) groups excluding carboxylic acids is 1. The molecule has 0 fully saturated rings. The zero-order chi connectivity index (χ0) is 16.8. The number of carbonyl (C=O) groups is 1. The first-order chi connectivity index (χ1) is 11.8. The maximum atomic E-state index is 12.6. The van der Waals surface area contributed by atoms with Crippen molar-refractivity contribution in [2.45, 2.75) is 0 Å². The van der Waals surface area contributed by atoms with Crippen molar-refractivity contribution in [3.8, 4) is 11.5 Å². The molecular weight excluding hydrogens is 324 g/mol. The van der Waals surface area contributed by atoms with Crippen LogP contribution in [0.15, 0.2) is 48.7 Å². The van der Waals surface area contributed by atoms with E-state index in [9.17, 15) is 4.79 Å². The first-order valence-corrected chi connectivity index (χ1v) is 8.96. The highest BCUT2D eigenvalue weighted by atomic mass is 32.2. The number of hydrogen-bond acceptors (Lipinski definition) is 5. The average molecular weight is 342 g/mol. The monoisotopic (exact) mass is 342 g/mol. The van der Waals surface area contributed by atoms with Crippen LogP contribution in [0.4, 0.5) is 5.82 Å². The smallest absolute Gasteiger partial charge is 0.252 e. The number of benzene rings is 1. The van der Waals surface area contributed by atoms with E-state index < -0.39 is 0 Å². The SMILES string of the molecule is CSCCN(C(=O)/C=C/c1ccc2c(c1)OCO2)c1ccccn1. The lowest BCUT2D eigenvalue weighted by atomic mass is 10.2. The number of nitrogens with zero attached hydrogens (tertiary/aromatic N) is 2. The van der Waals surface area contributed by atoms with E-state index in [1.807, 2.05) is 42.7 Å². The summed E-state index contributed by atoms with van der Waals surface area (Å²) >= 11 is 1.69. The summed E-state index contributed by atoms with van der Waals surface area (Å²) in [6.07, 6.45) is 7.05. The Morgan fingerprint density at radius 3 is 2.96 bits per heavy atom. The Morgan fingerprint density at radius 2 is 2.17 bits per heavy atom. The van der Waals surface area contributed by atoms with Crippen molar-refractivity contribution in [3.63, 3.8) is 0 Å². The fraction of sp³-hybridized carbons (Fsp3) is 0.222. The van der Waals surface area contributed by atoms with Gasteiger partial charge in [0.15, 0.2) is 11.5 Å². The molecule has 5 nitrogen and oxygen atoms in total. The number of ether oxygens (including phenoxy) is 2. The zero-order valence-corrected chi connectivity index (χ0v) is 14.2. The van der Waals surface area contributed by atoms with Gasteiger partial charge in [-0.05, 0) is 42.2 Å². The third-order valence-corrected chi connectivity index (χ3v) is 4.12. The predicted octanol–water partition coefficient (Wildman–Crippen LogP) is 3.22. The second-order valence-corrected chi connectivity index (χ2v) is 6.10. The minimum absolute atomic E-state index is 0.0968. The number of hydrogen-bond donors (Lipinski definition) is 0. The molecule has 1 aliphatic rings. The number of aromatic nitrogens is 1. The molecule has 0 atom stereocenters. The minimum Gasteiger partial charge on any atom is -0.454 e. The molecule has 2 heterocycles. The van der Waals surface area contributed by atoms with Crippen LogP contribution in [-0.2, 0) is 4.79 Å². The van der Waals surface area contributed by atoms with E-state index in [1.165, 1.54) is 0 Å². The van der Waals surface area contributed by atoms with Crippen LogP contribution < -0.4 is 14.4 Å². The third-order valence-electron chi connectivity index (χ3n) is 3.53. The number of amides is 1. The van der Waals surface area contributed by atoms with E-state index in [4.69, 9.17) is 9.47 Å². The molecule has 1 aromatic carbocycles. The van der Waals surface area contributed by atoms with Crippen LogP contribution in [0.2, 0.25) is 0 Å². The Hall–Kier alpha value is -2.47. The largest absolute Gasteiger partial charge is 0.454 e. The minimum atomic E-state index is -0.0968. The van der Waals surface area contributed by atoms with Crippen LogP contribution in [0.25, 0.3) is 6.08 Å². The Labute approximate surface area is 145 Å². The van der Waals surface area contributed by atoms with Crippen molar-refractivity contribution < 1.29 is 14.3 Å². The molecule has 0 radical (unpaired) electrons. The van der Waals surface area contributed by atoms with Gasteiger partial charge in [0, 0.05) is 24.6 Å². The molecule has 0 saturated carbocycles. The summed E-state index contributed by atoms with van der Waals surface area (Å²) < 4.78 is 10.6. The van der Waals surface area contributed by atoms with Crippen LogP contribution in [0.1, 0.15) is 5.56 Å². The summed E-state index contributed by atoms with van der Waals surface area (Å²) in [7, 11) is 0. The number of anilines is 1. The molecule has 3 rings (SSSR count). The van der Waals surface area contributed by atoms with Crippen molar-refractivity contribution in [1.29, 1.82) is 0 Å². The molecule has 24 heavy (non-hydrogen) atoms. The Bertz CT molecular complexity index is 734. The summed E-state index contributed by atoms with van der Waals surface area (Å²) in [5.41, 5.74) is 0.887. The lowest BCUT2D eigenvalue weighted by Crippen LogP contribution is -2.32. The fourth-order valence-electron chi connectivity index (χ4n) is 2.31. The molecule has 0 aliphatic carbocycles. The van der Waals surface area contributed by atoms with Crippen LogP contribution in [0.3, 0.4) is 0 Å². The van der Waals surface area contributed by atoms with Gasteiger partial charge < -0.3 is 9.47 Å². The van der Waals surface area contributed by atoms with Gasteiger partial charge in [-0.1, -0.05) is 12.1 Å². The maximum absolute atomic E-state index is 12.6. The average Bonchev–Trinajstić information content (AvgIpc) is 3.09. The quantitative estimate of drug-likeness (QED) is 0.755. The lowest BCUT2D eigenvalue weighted by Gasteiger charge is -2.19. The van der Waals surface area contributed by atoms with Crippen molar-refractivity contribution in [2.24, 2.45) is 0 Å². The van der Waals surface area contributed by atoms with Gasteiger partial charge in [0.2, 0.25) is 6.79 Å². The number of pyridine rings is 1. The number of fused-ring (bicyclic) bond motifs is 1. The fourth-order valence-corrected chi connectivity index (χ4v) is 2.67. The summed E-state index contributed by atoms with van der Waals surface area (Å²) in [6, 6.07) is 11.2. The predicted molar refractivity (Wildman–Crippen MR) is 96.6 cm³/mol. The van der Waals surface area contributed by atoms with Crippen LogP contribution in [-0.4, -0.2) is 36.2 Å². The van der Waals surface area contributed by atoms with Crippen molar-refractivity contribution in [1.82, 2.24) is 4.98 Å². The van der Waals surface area contributed by atoms with Gasteiger partial charge in [-0.3, -0.25) is 9.69 Å². The molecule has 1 amide bonds. The van der Waals surface area contributed by atoms with Crippen LogP contribution >= 0.6 is 11.8 Å². The molecule has 0 N–H and O–H groups in total. The third kappa shape index (κ3) is 3.89. The molecule has 0 spiro atoms. The van der Waals surface area contributed by atoms with E-state index in [0.717, 1.165) is 17.1 Å². The summed E-state index contributed by atoms with van der Waals surface area (Å²) in [6.45, 7) is 0.853. The zero-order valence-electron chi connectivity index (χ0n) is 13.3. The van der Waals surface area contributed by atoms with Gasteiger partial charge in [0.05, 0.1) is 0 Å². The number of thioether (sulfide) groups is 1. The van der Waals surface area contributed by atoms with Gasteiger partial charge in [-0.25, -0.2) is 4.98 Å². The standard InChI is InChI=1S/C18H18N2O3S/c1-24-11-10-20(17-4-2-3-9-19-17)18(21)8-6-14-5-7-15-16(12-14)23-13-22-15/h2-9,12H,10-11,13H2,1H3/b8-6+. The molecule has 124 valence electrons. The van der Waals surface area contributed by atoms with Crippen LogP contribution in [0.5, 0.6) is 11.5 Å². The highest BCUT2D eigenvalue weighted by Gasteiger charge is 2.15. The molecule has 0 bridgehead atoms. The first kappa shape index (κ1) is 16.4. The Balaban J connectivity index is 1.75. The normalized spacial score (nSPS) is 12.5.